The number of fused-ring (bicyclic) bond motifs is 1. The summed E-state index contributed by atoms with van der Waals surface area (Å²) in [5, 5.41) is 20.1. The van der Waals surface area contributed by atoms with E-state index in [0.717, 1.165) is 16.7 Å². The zero-order valence-corrected chi connectivity index (χ0v) is 16.0. The molecule has 4 heteroatoms. The quantitative estimate of drug-likeness (QED) is 0.510. The molecule has 0 radical (unpaired) electrons. The van der Waals surface area contributed by atoms with E-state index in [1.54, 1.807) is 24.3 Å². The van der Waals surface area contributed by atoms with Crippen molar-refractivity contribution in [2.24, 2.45) is 4.99 Å². The molecular formula is C25H23NO3. The third kappa shape index (κ3) is 4.34. The van der Waals surface area contributed by atoms with Gasteiger partial charge in [0.2, 0.25) is 5.78 Å². The molecule has 0 bridgehead atoms. The van der Waals surface area contributed by atoms with Crippen molar-refractivity contribution in [2.75, 3.05) is 0 Å². The van der Waals surface area contributed by atoms with Crippen molar-refractivity contribution < 1.29 is 15.0 Å². The number of nitrogens with zero attached hydrogens (tertiary/aromatic N) is 1. The molecule has 0 saturated carbocycles. The van der Waals surface area contributed by atoms with Crippen LogP contribution in [0.1, 0.15) is 39.6 Å². The highest BCUT2D eigenvalue weighted by Crippen LogP contribution is 2.32. The summed E-state index contributed by atoms with van der Waals surface area (Å²) in [7, 11) is 0. The van der Waals surface area contributed by atoms with Gasteiger partial charge in [-0.3, -0.25) is 4.79 Å². The number of aliphatic hydroxyl groups is 2. The lowest BCUT2D eigenvalue weighted by Gasteiger charge is -2.26. The molecule has 2 atom stereocenters. The molecule has 0 amide bonds. The molecule has 2 unspecified atom stereocenters. The van der Waals surface area contributed by atoms with Gasteiger partial charge in [-0.25, -0.2) is 4.99 Å². The summed E-state index contributed by atoms with van der Waals surface area (Å²) in [6.07, 6.45) is 0.0304. The van der Waals surface area contributed by atoms with E-state index in [2.05, 4.69) is 0 Å². The van der Waals surface area contributed by atoms with Crippen LogP contribution in [0.25, 0.3) is 0 Å². The normalized spacial score (nSPS) is 18.9. The fourth-order valence-corrected chi connectivity index (χ4v) is 3.71. The zero-order chi connectivity index (χ0) is 20.2. The molecule has 2 N–H and O–H groups in total. The first kappa shape index (κ1) is 19.2. The maximum Gasteiger partial charge on any atom is 0.207 e. The van der Waals surface area contributed by atoms with E-state index in [9.17, 15) is 15.0 Å². The third-order valence-corrected chi connectivity index (χ3v) is 5.30. The van der Waals surface area contributed by atoms with Gasteiger partial charge in [0.1, 0.15) is 6.10 Å². The van der Waals surface area contributed by atoms with Crippen LogP contribution in [0.2, 0.25) is 0 Å². The highest BCUT2D eigenvalue weighted by molar-refractivity contribution is 6.46. The number of ketones is 1. The lowest BCUT2D eigenvalue weighted by atomic mass is 9.87. The van der Waals surface area contributed by atoms with Gasteiger partial charge in [0.15, 0.2) is 0 Å². The van der Waals surface area contributed by atoms with Crippen molar-refractivity contribution in [3.63, 3.8) is 0 Å². The van der Waals surface area contributed by atoms with Crippen LogP contribution in [0.15, 0.2) is 83.9 Å². The fourth-order valence-electron chi connectivity index (χ4n) is 3.71. The second-order valence-corrected chi connectivity index (χ2v) is 7.35. The summed E-state index contributed by atoms with van der Waals surface area (Å²) in [4.78, 5) is 17.8. The average Bonchev–Trinajstić information content (AvgIpc) is 2.77. The Hall–Kier alpha value is -3.08. The molecular weight excluding hydrogens is 362 g/mol. The Balaban J connectivity index is 1.71. The van der Waals surface area contributed by atoms with Crippen molar-refractivity contribution in [3.05, 3.63) is 101 Å². The summed E-state index contributed by atoms with van der Waals surface area (Å²) >= 11 is 0. The largest absolute Gasteiger partial charge is 0.390 e. The molecule has 3 aromatic carbocycles. The Morgan fingerprint density at radius 2 is 1.62 bits per heavy atom. The molecule has 0 heterocycles. The molecule has 0 aromatic heterocycles. The number of hydrogen-bond donors (Lipinski definition) is 2. The third-order valence-electron chi connectivity index (χ3n) is 5.30. The summed E-state index contributed by atoms with van der Waals surface area (Å²) < 4.78 is 0. The number of carbonyl (C=O) groups is 1. The second-order valence-electron chi connectivity index (χ2n) is 7.35. The molecule has 4 rings (SSSR count). The van der Waals surface area contributed by atoms with Crippen LogP contribution in [0.3, 0.4) is 0 Å². The van der Waals surface area contributed by atoms with E-state index in [0.29, 0.717) is 36.2 Å². The molecule has 4 nitrogen and oxygen atoms in total. The maximum atomic E-state index is 13.1. The maximum absolute atomic E-state index is 13.1. The second kappa shape index (κ2) is 8.52. The van der Waals surface area contributed by atoms with E-state index >= 15 is 0 Å². The first-order valence-corrected chi connectivity index (χ1v) is 9.82. The Morgan fingerprint density at radius 3 is 2.34 bits per heavy atom. The van der Waals surface area contributed by atoms with Crippen molar-refractivity contribution in [1.82, 2.24) is 0 Å². The minimum Gasteiger partial charge on any atom is -0.390 e. The van der Waals surface area contributed by atoms with Gasteiger partial charge in [0, 0.05) is 12.0 Å². The Kier molecular flexibility index (Phi) is 5.65. The Labute approximate surface area is 170 Å². The summed E-state index contributed by atoms with van der Waals surface area (Å²) in [6, 6.07) is 24.5. The van der Waals surface area contributed by atoms with Gasteiger partial charge in [-0.2, -0.15) is 0 Å². The van der Waals surface area contributed by atoms with Gasteiger partial charge in [0.25, 0.3) is 0 Å². The molecule has 146 valence electrons. The van der Waals surface area contributed by atoms with E-state index in [-0.39, 0.29) is 5.78 Å². The van der Waals surface area contributed by atoms with Crippen LogP contribution in [0.5, 0.6) is 0 Å². The van der Waals surface area contributed by atoms with E-state index in [1.807, 2.05) is 54.6 Å². The van der Waals surface area contributed by atoms with Crippen LogP contribution in [-0.2, 0) is 12.8 Å². The van der Waals surface area contributed by atoms with Crippen LogP contribution < -0.4 is 0 Å². The van der Waals surface area contributed by atoms with Crippen LogP contribution >= 0.6 is 0 Å². The Morgan fingerprint density at radius 1 is 0.931 bits per heavy atom. The zero-order valence-electron chi connectivity index (χ0n) is 16.0. The molecule has 1 aliphatic rings. The molecule has 0 spiro atoms. The molecule has 29 heavy (non-hydrogen) atoms. The Bertz CT molecular complexity index is 1030. The van der Waals surface area contributed by atoms with Gasteiger partial charge < -0.3 is 10.2 Å². The number of benzene rings is 3. The lowest BCUT2D eigenvalue weighted by molar-refractivity contribution is 0.00651. The lowest BCUT2D eigenvalue weighted by Crippen LogP contribution is -2.24. The number of carbonyl (C=O) groups excluding carboxylic acids is 1. The van der Waals surface area contributed by atoms with E-state index in [4.69, 9.17) is 4.99 Å². The standard InChI is InChI=1S/C25H23NO3/c27-23-14-11-19-16-20(12-13-21(19)25(23)29)26-22(15-17-7-3-1-4-8-17)24(28)18-9-5-2-6-10-18/h1-10,12-13,16,23,25,27,29H,11,14-15H2. The van der Waals surface area contributed by atoms with Gasteiger partial charge in [-0.05, 0) is 41.7 Å². The molecule has 3 aromatic rings. The van der Waals surface area contributed by atoms with Gasteiger partial charge in [0.05, 0.1) is 17.5 Å². The van der Waals surface area contributed by atoms with Gasteiger partial charge >= 0.3 is 0 Å². The first-order valence-electron chi connectivity index (χ1n) is 9.82. The number of aliphatic hydroxyl groups excluding tert-OH is 2. The van der Waals surface area contributed by atoms with Crippen molar-refractivity contribution >= 4 is 17.2 Å². The SMILES string of the molecule is O=C(C(Cc1ccccc1)=Nc1ccc2c(c1)CCC(O)C2O)c1ccccc1. The topological polar surface area (TPSA) is 69.9 Å². The van der Waals surface area contributed by atoms with E-state index in [1.165, 1.54) is 0 Å². The molecule has 0 aliphatic heterocycles. The number of aliphatic imine (C=N–C) groups is 1. The number of rotatable bonds is 5. The highest BCUT2D eigenvalue weighted by atomic mass is 16.3. The van der Waals surface area contributed by atoms with Gasteiger partial charge in [-0.15, -0.1) is 0 Å². The molecule has 0 saturated heterocycles. The highest BCUT2D eigenvalue weighted by Gasteiger charge is 2.26. The van der Waals surface area contributed by atoms with E-state index < -0.39 is 12.2 Å². The number of Topliss-reactive ketones (excluding diaryl/α,β-unsaturated/α-hetero) is 1. The number of hydrogen-bond acceptors (Lipinski definition) is 4. The van der Waals surface area contributed by atoms with Crippen LogP contribution in [-0.4, -0.2) is 27.8 Å². The average molecular weight is 385 g/mol. The van der Waals surface area contributed by atoms with Crippen molar-refractivity contribution in [2.45, 2.75) is 31.5 Å². The molecule has 1 aliphatic carbocycles. The van der Waals surface area contributed by atoms with Crippen LogP contribution in [0, 0.1) is 0 Å². The molecule has 0 fully saturated rings. The van der Waals surface area contributed by atoms with Crippen molar-refractivity contribution in [1.29, 1.82) is 0 Å². The monoisotopic (exact) mass is 385 g/mol. The minimum absolute atomic E-state index is 0.0948. The summed E-state index contributed by atoms with van der Waals surface area (Å²) in [6.45, 7) is 0. The summed E-state index contributed by atoms with van der Waals surface area (Å²) in [5.41, 5.74) is 4.49. The predicted molar refractivity (Wildman–Crippen MR) is 114 cm³/mol. The van der Waals surface area contributed by atoms with Crippen molar-refractivity contribution in [3.8, 4) is 0 Å². The fraction of sp³-hybridized carbons (Fsp3) is 0.200. The van der Waals surface area contributed by atoms with Crippen LogP contribution in [0.4, 0.5) is 5.69 Å². The summed E-state index contributed by atoms with van der Waals surface area (Å²) in [5.74, 6) is -0.0948. The minimum atomic E-state index is -0.869. The van der Waals surface area contributed by atoms with Gasteiger partial charge in [-0.1, -0.05) is 66.7 Å². The smallest absolute Gasteiger partial charge is 0.207 e. The number of aryl methyl sites for hydroxylation is 1. The predicted octanol–water partition coefficient (Wildman–Crippen LogP) is 4.23. The first-order chi connectivity index (χ1) is 14.1.